The second kappa shape index (κ2) is 5.09. The summed E-state index contributed by atoms with van der Waals surface area (Å²) >= 11 is 5.14. The molecule has 1 rings (SSSR count). The van der Waals surface area contributed by atoms with Gasteiger partial charge in [0.2, 0.25) is 10.0 Å². The van der Waals surface area contributed by atoms with Crippen LogP contribution in [-0.4, -0.2) is 20.1 Å². The van der Waals surface area contributed by atoms with Crippen LogP contribution in [0.25, 0.3) is 0 Å². The van der Waals surface area contributed by atoms with E-state index in [-0.39, 0.29) is 11.9 Å². The Morgan fingerprint density at radius 1 is 1.12 bits per heavy atom. The topological polar surface area (TPSA) is 46.2 Å². The van der Waals surface area contributed by atoms with Crippen molar-refractivity contribution in [2.75, 3.05) is 16.4 Å². The molecule has 0 aliphatic carbocycles. The second-order valence-electron chi connectivity index (χ2n) is 2.95. The number of benzene rings is 1. The van der Waals surface area contributed by atoms with Crippen LogP contribution in [0, 0.1) is 23.3 Å². The van der Waals surface area contributed by atoms with E-state index >= 15 is 0 Å². The molecular weight excluding hydrogens is 286 g/mol. The minimum atomic E-state index is -4.16. The van der Waals surface area contributed by atoms with Gasteiger partial charge in [-0.3, -0.25) is 4.72 Å². The van der Waals surface area contributed by atoms with Crippen molar-refractivity contribution < 1.29 is 26.0 Å². The molecule has 0 aliphatic heterocycles. The molecule has 0 unspecified atom stereocenters. The second-order valence-corrected chi connectivity index (χ2v) is 5.17. The van der Waals surface area contributed by atoms with Crippen molar-refractivity contribution in [1.29, 1.82) is 0 Å². The first-order valence-electron chi connectivity index (χ1n) is 4.18. The van der Waals surface area contributed by atoms with E-state index in [0.717, 1.165) is 0 Å². The predicted molar refractivity (Wildman–Crippen MR) is 54.4 cm³/mol. The van der Waals surface area contributed by atoms with Gasteiger partial charge in [-0.1, -0.05) is 0 Å². The van der Waals surface area contributed by atoms with Crippen molar-refractivity contribution in [3.63, 3.8) is 0 Å². The lowest BCUT2D eigenvalue weighted by Crippen LogP contribution is -2.20. The Labute approximate surface area is 99.4 Å². The van der Waals surface area contributed by atoms with Crippen molar-refractivity contribution in [1.82, 2.24) is 0 Å². The number of halogens is 5. The third kappa shape index (κ3) is 3.22. The van der Waals surface area contributed by atoms with E-state index in [1.54, 1.807) is 0 Å². The average Bonchev–Trinajstić information content (AvgIpc) is 2.21. The van der Waals surface area contributed by atoms with Crippen LogP contribution < -0.4 is 4.72 Å². The standard InChI is InChI=1S/C8H6ClF4NO2S/c9-1-2-17(15,16)14-8-6(12)4(10)3-5(11)7(8)13/h3,14H,1-2H2. The zero-order valence-corrected chi connectivity index (χ0v) is 9.68. The molecule has 0 aliphatic rings. The smallest absolute Gasteiger partial charge is 0.234 e. The van der Waals surface area contributed by atoms with E-state index < -0.39 is 44.7 Å². The number of nitrogens with one attached hydrogen (secondary N) is 1. The summed E-state index contributed by atoms with van der Waals surface area (Å²) in [5.41, 5.74) is -1.40. The van der Waals surface area contributed by atoms with Crippen LogP contribution in [0.3, 0.4) is 0 Å². The molecule has 1 N–H and O–H groups in total. The van der Waals surface area contributed by atoms with Gasteiger partial charge in [0.1, 0.15) is 5.69 Å². The third-order valence-electron chi connectivity index (χ3n) is 1.72. The van der Waals surface area contributed by atoms with Crippen molar-refractivity contribution in [3.05, 3.63) is 29.3 Å². The summed E-state index contributed by atoms with van der Waals surface area (Å²) in [7, 11) is -4.16. The number of hydrogen-bond acceptors (Lipinski definition) is 2. The van der Waals surface area contributed by atoms with E-state index in [0.29, 0.717) is 0 Å². The molecule has 0 spiro atoms. The fraction of sp³-hybridized carbons (Fsp3) is 0.250. The Hall–Kier alpha value is -1.02. The van der Waals surface area contributed by atoms with Gasteiger partial charge < -0.3 is 0 Å². The van der Waals surface area contributed by atoms with Crippen LogP contribution in [0.15, 0.2) is 6.07 Å². The molecule has 3 nitrogen and oxygen atoms in total. The molecule has 17 heavy (non-hydrogen) atoms. The van der Waals surface area contributed by atoms with Crippen molar-refractivity contribution in [3.8, 4) is 0 Å². The summed E-state index contributed by atoms with van der Waals surface area (Å²) in [6, 6.07) is -0.0238. The summed E-state index contributed by atoms with van der Waals surface area (Å²) in [6.45, 7) is 0. The van der Waals surface area contributed by atoms with Crippen LogP contribution in [0.1, 0.15) is 0 Å². The number of hydrogen-bond donors (Lipinski definition) is 1. The summed E-state index contributed by atoms with van der Waals surface area (Å²) in [5, 5.41) is 0. The van der Waals surface area contributed by atoms with Gasteiger partial charge in [-0.2, -0.15) is 0 Å². The predicted octanol–water partition coefficient (Wildman–Crippen LogP) is 2.22. The zero-order chi connectivity index (χ0) is 13.2. The minimum Gasteiger partial charge on any atom is -0.278 e. The van der Waals surface area contributed by atoms with E-state index in [1.165, 1.54) is 4.72 Å². The van der Waals surface area contributed by atoms with Gasteiger partial charge in [-0.25, -0.2) is 26.0 Å². The fourth-order valence-corrected chi connectivity index (χ4v) is 2.38. The minimum absolute atomic E-state index is 0.0238. The number of alkyl halides is 1. The lowest BCUT2D eigenvalue weighted by molar-refractivity contribution is 0.459. The highest BCUT2D eigenvalue weighted by Crippen LogP contribution is 2.25. The van der Waals surface area contributed by atoms with Crippen LogP contribution >= 0.6 is 11.6 Å². The molecule has 0 amide bonds. The summed E-state index contributed by atoms with van der Waals surface area (Å²) in [4.78, 5) is 0. The highest BCUT2D eigenvalue weighted by Gasteiger charge is 2.22. The van der Waals surface area contributed by atoms with Crippen LogP contribution in [0.4, 0.5) is 23.2 Å². The van der Waals surface area contributed by atoms with Gasteiger partial charge >= 0.3 is 0 Å². The molecule has 0 bridgehead atoms. The lowest BCUT2D eigenvalue weighted by Gasteiger charge is -2.09. The summed E-state index contributed by atoms with van der Waals surface area (Å²) < 4.78 is 75.3. The monoisotopic (exact) mass is 291 g/mol. The molecule has 0 atom stereocenters. The van der Waals surface area contributed by atoms with Gasteiger partial charge in [-0.05, 0) is 0 Å². The molecule has 0 heterocycles. The highest BCUT2D eigenvalue weighted by atomic mass is 35.5. The molecular formula is C8H6ClF4NO2S. The largest absolute Gasteiger partial charge is 0.278 e. The molecule has 0 radical (unpaired) electrons. The van der Waals surface area contributed by atoms with Gasteiger partial charge in [0, 0.05) is 11.9 Å². The normalized spacial score (nSPS) is 11.6. The Balaban J connectivity index is 3.24. The number of anilines is 1. The Bertz CT molecular complexity index is 509. The number of sulfonamides is 1. The molecule has 0 saturated heterocycles. The van der Waals surface area contributed by atoms with Crippen LogP contribution in [-0.2, 0) is 10.0 Å². The quantitative estimate of drug-likeness (QED) is 0.525. The SMILES string of the molecule is O=S(=O)(CCCl)Nc1c(F)c(F)cc(F)c1F. The maximum atomic E-state index is 13.1. The third-order valence-corrected chi connectivity index (χ3v) is 3.39. The summed E-state index contributed by atoms with van der Waals surface area (Å²) in [5.74, 6) is -8.02. The van der Waals surface area contributed by atoms with Crippen LogP contribution in [0.5, 0.6) is 0 Å². The summed E-state index contributed by atoms with van der Waals surface area (Å²) in [6.07, 6.45) is 0. The van der Waals surface area contributed by atoms with Gasteiger partial charge in [0.15, 0.2) is 23.3 Å². The first-order chi connectivity index (χ1) is 7.78. The molecule has 1 aromatic rings. The molecule has 1 aromatic carbocycles. The van der Waals surface area contributed by atoms with E-state index in [9.17, 15) is 26.0 Å². The first kappa shape index (κ1) is 14.0. The lowest BCUT2D eigenvalue weighted by atomic mass is 10.3. The van der Waals surface area contributed by atoms with Gasteiger partial charge in [0.05, 0.1) is 5.75 Å². The Morgan fingerprint density at radius 3 is 2.00 bits per heavy atom. The van der Waals surface area contributed by atoms with E-state index in [1.807, 2.05) is 0 Å². The maximum Gasteiger partial charge on any atom is 0.234 e. The van der Waals surface area contributed by atoms with Gasteiger partial charge in [-0.15, -0.1) is 11.6 Å². The molecule has 0 fully saturated rings. The molecule has 96 valence electrons. The van der Waals surface area contributed by atoms with Crippen molar-refractivity contribution >= 4 is 27.3 Å². The average molecular weight is 292 g/mol. The molecule has 0 aromatic heterocycles. The molecule has 0 saturated carbocycles. The first-order valence-corrected chi connectivity index (χ1v) is 6.36. The Kier molecular flexibility index (Phi) is 4.21. The van der Waals surface area contributed by atoms with Gasteiger partial charge in [0.25, 0.3) is 0 Å². The highest BCUT2D eigenvalue weighted by molar-refractivity contribution is 7.92. The number of rotatable bonds is 4. The molecule has 9 heteroatoms. The van der Waals surface area contributed by atoms with E-state index in [2.05, 4.69) is 0 Å². The zero-order valence-electron chi connectivity index (χ0n) is 8.11. The fourth-order valence-electron chi connectivity index (χ4n) is 0.971. The van der Waals surface area contributed by atoms with E-state index in [4.69, 9.17) is 11.6 Å². The maximum absolute atomic E-state index is 13.1. The van der Waals surface area contributed by atoms with Crippen LogP contribution in [0.2, 0.25) is 0 Å². The van der Waals surface area contributed by atoms with Crippen molar-refractivity contribution in [2.45, 2.75) is 0 Å². The van der Waals surface area contributed by atoms with Crippen molar-refractivity contribution in [2.24, 2.45) is 0 Å². The Morgan fingerprint density at radius 2 is 1.59 bits per heavy atom.